The lowest BCUT2D eigenvalue weighted by Crippen LogP contribution is -2.17. The number of benzene rings is 1. The molecule has 0 amide bonds. The van der Waals surface area contributed by atoms with Crippen LogP contribution >= 0.6 is 0 Å². The van der Waals surface area contributed by atoms with Gasteiger partial charge in [0.05, 0.1) is 12.7 Å². The van der Waals surface area contributed by atoms with E-state index in [-0.39, 0.29) is 17.0 Å². The highest BCUT2D eigenvalue weighted by Crippen LogP contribution is 2.32. The smallest absolute Gasteiger partial charge is 0.250 e. The molecule has 3 rings (SSSR count). The molecule has 3 aromatic rings. The van der Waals surface area contributed by atoms with Crippen LogP contribution in [0.25, 0.3) is 11.4 Å². The Bertz CT molecular complexity index is 1070. The lowest BCUT2D eigenvalue weighted by molar-refractivity contribution is 0.369. The van der Waals surface area contributed by atoms with Crippen LogP contribution in [0, 0.1) is 0 Å². The highest BCUT2D eigenvalue weighted by Gasteiger charge is 2.35. The zero-order chi connectivity index (χ0) is 20.5. The van der Waals surface area contributed by atoms with E-state index < -0.39 is 15.1 Å². The van der Waals surface area contributed by atoms with Crippen molar-refractivity contribution in [2.75, 3.05) is 7.11 Å². The predicted octanol–water partition coefficient (Wildman–Crippen LogP) is 3.01. The molecule has 1 aromatic carbocycles. The van der Waals surface area contributed by atoms with E-state index in [4.69, 9.17) is 9.26 Å². The van der Waals surface area contributed by atoms with Crippen molar-refractivity contribution in [3.8, 4) is 17.1 Å². The minimum absolute atomic E-state index is 0.0313. The monoisotopic (exact) mass is 405 g/mol. The first kappa shape index (κ1) is 20.0. The first-order valence-electron chi connectivity index (χ1n) is 8.95. The second kappa shape index (κ2) is 7.70. The molecule has 0 fully saturated rings. The summed E-state index contributed by atoms with van der Waals surface area (Å²) >= 11 is 0. The van der Waals surface area contributed by atoms with Gasteiger partial charge < -0.3 is 9.26 Å². The summed E-state index contributed by atoms with van der Waals surface area (Å²) in [5.41, 5.74) is 0.660. The van der Waals surface area contributed by atoms with Gasteiger partial charge in [0.15, 0.2) is 11.6 Å². The summed E-state index contributed by atoms with van der Waals surface area (Å²) in [5, 5.41) is 10.8. The van der Waals surface area contributed by atoms with Crippen molar-refractivity contribution >= 4 is 9.84 Å². The molecule has 2 aromatic heterocycles. The van der Waals surface area contributed by atoms with Crippen LogP contribution in [0.1, 0.15) is 50.6 Å². The number of para-hydroxylation sites is 1. The molecule has 150 valence electrons. The third-order valence-corrected chi connectivity index (χ3v) is 6.37. The lowest BCUT2D eigenvalue weighted by Gasteiger charge is -2.12. The zero-order valence-electron chi connectivity index (χ0n) is 16.4. The fourth-order valence-corrected chi connectivity index (χ4v) is 4.11. The Morgan fingerprint density at radius 2 is 1.89 bits per heavy atom. The predicted molar refractivity (Wildman–Crippen MR) is 102 cm³/mol. The number of sulfone groups is 1. The van der Waals surface area contributed by atoms with Gasteiger partial charge in [-0.05, 0) is 26.0 Å². The van der Waals surface area contributed by atoms with Crippen LogP contribution in [0.4, 0.5) is 0 Å². The van der Waals surface area contributed by atoms with Gasteiger partial charge in [-0.1, -0.05) is 31.1 Å². The van der Waals surface area contributed by atoms with Gasteiger partial charge >= 0.3 is 0 Å². The highest BCUT2D eigenvalue weighted by molar-refractivity contribution is 7.91. The van der Waals surface area contributed by atoms with Gasteiger partial charge in [-0.3, -0.25) is 4.57 Å². The molecular formula is C18H23N5O4S. The third-order valence-electron chi connectivity index (χ3n) is 4.42. The Morgan fingerprint density at radius 1 is 1.18 bits per heavy atom. The highest BCUT2D eigenvalue weighted by atomic mass is 32.2. The van der Waals surface area contributed by atoms with E-state index in [9.17, 15) is 8.42 Å². The summed E-state index contributed by atoms with van der Waals surface area (Å²) < 4.78 is 38.5. The third kappa shape index (κ3) is 3.39. The molecule has 28 heavy (non-hydrogen) atoms. The molecule has 2 heterocycles. The number of hydrogen-bond donors (Lipinski definition) is 0. The van der Waals surface area contributed by atoms with Gasteiger partial charge in [-0.25, -0.2) is 8.42 Å². The lowest BCUT2D eigenvalue weighted by atomic mass is 10.2. The molecule has 0 N–H and O–H groups in total. The van der Waals surface area contributed by atoms with Crippen molar-refractivity contribution in [2.45, 2.75) is 50.6 Å². The average Bonchev–Trinajstić information content (AvgIpc) is 3.34. The number of ether oxygens (including phenoxy) is 1. The molecule has 0 saturated carbocycles. The second-order valence-corrected chi connectivity index (χ2v) is 8.75. The molecule has 1 unspecified atom stereocenters. The van der Waals surface area contributed by atoms with Crippen LogP contribution in [0.15, 0.2) is 33.9 Å². The largest absolute Gasteiger partial charge is 0.496 e. The van der Waals surface area contributed by atoms with E-state index in [0.29, 0.717) is 29.5 Å². The van der Waals surface area contributed by atoms with Gasteiger partial charge in [0.1, 0.15) is 11.0 Å². The van der Waals surface area contributed by atoms with Gasteiger partial charge in [-0.2, -0.15) is 4.98 Å². The summed E-state index contributed by atoms with van der Waals surface area (Å²) in [6.45, 7) is 7.50. The van der Waals surface area contributed by atoms with E-state index in [1.54, 1.807) is 17.7 Å². The van der Waals surface area contributed by atoms with Crippen molar-refractivity contribution in [1.29, 1.82) is 0 Å². The summed E-state index contributed by atoms with van der Waals surface area (Å²) in [5.74, 6) is 1.53. The SMILES string of the molecule is CCn1c(-c2ccccc2OC)nnc1S(=O)(=O)C(C)c1nc(C(C)C)no1. The molecule has 10 heteroatoms. The molecule has 0 bridgehead atoms. The summed E-state index contributed by atoms with van der Waals surface area (Å²) in [6, 6.07) is 7.25. The number of aromatic nitrogens is 5. The standard InChI is InChI=1S/C18H23N5O4S/c1-6-23-16(13-9-7-8-10-14(13)26-5)20-21-18(23)28(24,25)12(4)17-19-15(11(2)3)22-27-17/h7-12H,6H2,1-5H3. The van der Waals surface area contributed by atoms with Crippen molar-refractivity contribution in [1.82, 2.24) is 24.9 Å². The van der Waals surface area contributed by atoms with Crippen LogP contribution in [0.3, 0.4) is 0 Å². The van der Waals surface area contributed by atoms with Crippen molar-refractivity contribution in [3.63, 3.8) is 0 Å². The molecule has 9 nitrogen and oxygen atoms in total. The maximum atomic E-state index is 13.2. The van der Waals surface area contributed by atoms with Gasteiger partial charge in [0.25, 0.3) is 5.16 Å². The van der Waals surface area contributed by atoms with Gasteiger partial charge in [0.2, 0.25) is 15.7 Å². The van der Waals surface area contributed by atoms with Crippen molar-refractivity contribution < 1.29 is 17.7 Å². The van der Waals surface area contributed by atoms with Crippen LogP contribution in [-0.4, -0.2) is 40.4 Å². The van der Waals surface area contributed by atoms with Crippen molar-refractivity contribution in [3.05, 3.63) is 36.0 Å². The molecule has 0 saturated heterocycles. The molecule has 0 aliphatic rings. The fourth-order valence-electron chi connectivity index (χ4n) is 2.75. The van der Waals surface area contributed by atoms with E-state index >= 15 is 0 Å². The Balaban J connectivity index is 2.06. The molecule has 0 aliphatic heterocycles. The van der Waals surface area contributed by atoms with E-state index in [1.807, 2.05) is 39.0 Å². The van der Waals surface area contributed by atoms with Crippen LogP contribution in [-0.2, 0) is 16.4 Å². The van der Waals surface area contributed by atoms with E-state index in [2.05, 4.69) is 20.3 Å². The topological polar surface area (TPSA) is 113 Å². The zero-order valence-corrected chi connectivity index (χ0v) is 17.3. The minimum Gasteiger partial charge on any atom is -0.496 e. The normalized spacial score (nSPS) is 13.1. The maximum absolute atomic E-state index is 13.2. The van der Waals surface area contributed by atoms with Crippen LogP contribution in [0.5, 0.6) is 5.75 Å². The summed E-state index contributed by atoms with van der Waals surface area (Å²) in [6.07, 6.45) is 0. The Labute approximate surface area is 163 Å². The average molecular weight is 405 g/mol. The Kier molecular flexibility index (Phi) is 5.50. The molecule has 0 radical (unpaired) electrons. The van der Waals surface area contributed by atoms with E-state index in [1.165, 1.54) is 6.92 Å². The van der Waals surface area contributed by atoms with Crippen LogP contribution < -0.4 is 4.74 Å². The molecule has 1 atom stereocenters. The number of nitrogens with zero attached hydrogens (tertiary/aromatic N) is 5. The van der Waals surface area contributed by atoms with Crippen LogP contribution in [0.2, 0.25) is 0 Å². The maximum Gasteiger partial charge on any atom is 0.250 e. The van der Waals surface area contributed by atoms with Crippen molar-refractivity contribution in [2.24, 2.45) is 0 Å². The van der Waals surface area contributed by atoms with Gasteiger partial charge in [0, 0.05) is 12.5 Å². The molecule has 0 aliphatic carbocycles. The minimum atomic E-state index is -3.90. The first-order chi connectivity index (χ1) is 13.3. The quantitative estimate of drug-likeness (QED) is 0.589. The molecular weight excluding hydrogens is 382 g/mol. The number of rotatable bonds is 7. The Morgan fingerprint density at radius 3 is 2.50 bits per heavy atom. The number of methoxy groups -OCH3 is 1. The summed E-state index contributed by atoms with van der Waals surface area (Å²) in [4.78, 5) is 4.21. The number of hydrogen-bond acceptors (Lipinski definition) is 8. The fraction of sp³-hybridized carbons (Fsp3) is 0.444. The summed E-state index contributed by atoms with van der Waals surface area (Å²) in [7, 11) is -2.35. The van der Waals surface area contributed by atoms with Gasteiger partial charge in [-0.15, -0.1) is 10.2 Å². The molecule has 0 spiro atoms. The first-order valence-corrected chi connectivity index (χ1v) is 10.5. The van der Waals surface area contributed by atoms with E-state index in [0.717, 1.165) is 0 Å². The Hall–Kier alpha value is -2.75. The second-order valence-electron chi connectivity index (χ2n) is 6.58.